The van der Waals surface area contributed by atoms with Crippen molar-refractivity contribution in [2.24, 2.45) is 11.8 Å². The zero-order valence-electron chi connectivity index (χ0n) is 15.5. The van der Waals surface area contributed by atoms with Gasteiger partial charge in [-0.2, -0.15) is 0 Å². The molecule has 0 bridgehead atoms. The van der Waals surface area contributed by atoms with Crippen molar-refractivity contribution in [2.45, 2.75) is 90.1 Å². The largest absolute Gasteiger partial charge is 0.490 e. The first kappa shape index (κ1) is 18.7. The number of hydrogen-bond donors (Lipinski definition) is 0. The number of unbranched alkanes of at least 4 members (excludes halogenated alkanes) is 1. The van der Waals surface area contributed by atoms with Gasteiger partial charge >= 0.3 is 0 Å². The van der Waals surface area contributed by atoms with Crippen molar-refractivity contribution >= 4 is 0 Å². The van der Waals surface area contributed by atoms with E-state index in [2.05, 4.69) is 25.1 Å². The zero-order valence-corrected chi connectivity index (χ0v) is 15.5. The molecule has 0 radical (unpaired) electrons. The number of halogens is 2. The lowest BCUT2D eigenvalue weighted by atomic mass is 9.76. The topological polar surface area (TPSA) is 9.23 Å². The van der Waals surface area contributed by atoms with Crippen molar-refractivity contribution in [1.82, 2.24) is 0 Å². The van der Waals surface area contributed by atoms with Crippen molar-refractivity contribution in [3.05, 3.63) is 29.3 Å². The lowest BCUT2D eigenvalue weighted by molar-refractivity contribution is 0.0697. The monoisotopic (exact) mass is 350 g/mol. The summed E-state index contributed by atoms with van der Waals surface area (Å²) in [5.41, 5.74) is 2.80. The van der Waals surface area contributed by atoms with E-state index < -0.39 is 6.43 Å². The van der Waals surface area contributed by atoms with E-state index in [0.29, 0.717) is 24.4 Å². The summed E-state index contributed by atoms with van der Waals surface area (Å²) in [5, 5.41) is 0. The minimum Gasteiger partial charge on any atom is -0.490 e. The maximum atomic E-state index is 12.4. The van der Waals surface area contributed by atoms with Gasteiger partial charge in [-0.3, -0.25) is 0 Å². The number of hydrogen-bond acceptors (Lipinski definition) is 1. The Kier molecular flexibility index (Phi) is 6.72. The molecule has 0 amide bonds. The quantitative estimate of drug-likeness (QED) is 0.540. The van der Waals surface area contributed by atoms with Gasteiger partial charge in [0.2, 0.25) is 6.43 Å². The van der Waals surface area contributed by atoms with Crippen LogP contribution in [0.2, 0.25) is 0 Å². The minimum atomic E-state index is -2.14. The van der Waals surface area contributed by atoms with Crippen molar-refractivity contribution in [3.8, 4) is 5.75 Å². The van der Waals surface area contributed by atoms with Gasteiger partial charge in [0.15, 0.2) is 0 Å². The van der Waals surface area contributed by atoms with Crippen LogP contribution in [0.5, 0.6) is 5.75 Å². The maximum Gasteiger partial charge on any atom is 0.238 e. The van der Waals surface area contributed by atoms with Gasteiger partial charge in [0, 0.05) is 6.42 Å². The Hall–Kier alpha value is -1.12. The minimum absolute atomic E-state index is 0.0724. The summed E-state index contributed by atoms with van der Waals surface area (Å²) < 4.78 is 31.1. The Balaban J connectivity index is 1.50. The SMILES string of the molecule is CCCCc1ccc2c(c1)CCC(C1CCC(CCC(F)F)CC1)O2. The summed E-state index contributed by atoms with van der Waals surface area (Å²) in [6, 6.07) is 6.72. The smallest absolute Gasteiger partial charge is 0.238 e. The molecule has 1 aromatic carbocycles. The fourth-order valence-corrected chi connectivity index (χ4v) is 4.54. The van der Waals surface area contributed by atoms with E-state index >= 15 is 0 Å². The normalized spacial score (nSPS) is 26.3. The number of aryl methyl sites for hydroxylation is 2. The summed E-state index contributed by atoms with van der Waals surface area (Å²) in [7, 11) is 0. The Labute approximate surface area is 151 Å². The van der Waals surface area contributed by atoms with E-state index in [1.54, 1.807) is 0 Å². The third-order valence-corrected chi connectivity index (χ3v) is 6.13. The average Bonchev–Trinajstić information content (AvgIpc) is 2.64. The molecule has 2 aliphatic rings. The van der Waals surface area contributed by atoms with Gasteiger partial charge in [-0.1, -0.05) is 38.3 Å². The predicted molar refractivity (Wildman–Crippen MR) is 98.5 cm³/mol. The summed E-state index contributed by atoms with van der Waals surface area (Å²) in [5.74, 6) is 2.19. The van der Waals surface area contributed by atoms with Gasteiger partial charge < -0.3 is 4.74 Å². The van der Waals surface area contributed by atoms with Gasteiger partial charge in [0.1, 0.15) is 11.9 Å². The molecule has 0 N–H and O–H groups in total. The highest BCUT2D eigenvalue weighted by molar-refractivity contribution is 5.39. The average molecular weight is 350 g/mol. The second-order valence-corrected chi connectivity index (χ2v) is 7.99. The molecule has 3 rings (SSSR count). The van der Waals surface area contributed by atoms with Crippen LogP contribution in [-0.2, 0) is 12.8 Å². The van der Waals surface area contributed by atoms with Crippen LogP contribution in [0, 0.1) is 11.8 Å². The second kappa shape index (κ2) is 9.00. The third kappa shape index (κ3) is 5.18. The van der Waals surface area contributed by atoms with Gasteiger partial charge in [-0.15, -0.1) is 0 Å². The molecule has 1 fully saturated rings. The first-order valence-corrected chi connectivity index (χ1v) is 10.2. The number of ether oxygens (including phenoxy) is 1. The van der Waals surface area contributed by atoms with E-state index in [1.165, 1.54) is 24.0 Å². The molecule has 140 valence electrons. The van der Waals surface area contributed by atoms with E-state index in [1.807, 2.05) is 0 Å². The van der Waals surface area contributed by atoms with Crippen LogP contribution in [0.1, 0.15) is 75.8 Å². The number of benzene rings is 1. The van der Waals surface area contributed by atoms with Gasteiger partial charge in [0.25, 0.3) is 0 Å². The molecule has 1 aliphatic heterocycles. The Bertz CT molecular complexity index is 535. The Morgan fingerprint density at radius 3 is 2.64 bits per heavy atom. The highest BCUT2D eigenvalue weighted by Crippen LogP contribution is 2.39. The highest BCUT2D eigenvalue weighted by atomic mass is 19.3. The van der Waals surface area contributed by atoms with Crippen LogP contribution in [0.4, 0.5) is 8.78 Å². The summed E-state index contributed by atoms with van der Waals surface area (Å²) in [4.78, 5) is 0. The summed E-state index contributed by atoms with van der Waals surface area (Å²) in [6.07, 6.45) is 9.29. The van der Waals surface area contributed by atoms with Crippen molar-refractivity contribution in [1.29, 1.82) is 0 Å². The van der Waals surface area contributed by atoms with Gasteiger partial charge in [0.05, 0.1) is 0 Å². The number of rotatable bonds is 7. The van der Waals surface area contributed by atoms with Crippen LogP contribution in [0.3, 0.4) is 0 Å². The number of fused-ring (bicyclic) bond motifs is 1. The van der Waals surface area contributed by atoms with Crippen molar-refractivity contribution < 1.29 is 13.5 Å². The molecule has 1 aromatic rings. The summed E-state index contributed by atoms with van der Waals surface area (Å²) in [6.45, 7) is 2.23. The third-order valence-electron chi connectivity index (χ3n) is 6.13. The Morgan fingerprint density at radius 2 is 1.92 bits per heavy atom. The molecule has 1 aliphatic carbocycles. The fourth-order valence-electron chi connectivity index (χ4n) is 4.54. The standard InChI is InChI=1S/C22H32F2O/c1-2-3-4-17-7-12-21-19(15-17)11-13-20(25-21)18-9-5-16(6-10-18)8-14-22(23)24/h7,12,15-16,18,20,22H,2-6,8-11,13-14H2,1H3. The molecule has 1 nitrogen and oxygen atoms in total. The van der Waals surface area contributed by atoms with Crippen LogP contribution in [-0.4, -0.2) is 12.5 Å². The molecular formula is C22H32F2O. The maximum absolute atomic E-state index is 12.4. The molecule has 1 heterocycles. The van der Waals surface area contributed by atoms with E-state index in [-0.39, 0.29) is 6.42 Å². The van der Waals surface area contributed by atoms with E-state index in [9.17, 15) is 8.78 Å². The van der Waals surface area contributed by atoms with Gasteiger partial charge in [-0.25, -0.2) is 8.78 Å². The first-order chi connectivity index (χ1) is 12.2. The van der Waals surface area contributed by atoms with Crippen LogP contribution in [0.25, 0.3) is 0 Å². The Morgan fingerprint density at radius 1 is 1.12 bits per heavy atom. The molecule has 1 unspecified atom stereocenters. The molecular weight excluding hydrogens is 318 g/mol. The molecule has 0 saturated heterocycles. The fraction of sp³-hybridized carbons (Fsp3) is 0.727. The summed E-state index contributed by atoms with van der Waals surface area (Å²) >= 11 is 0. The van der Waals surface area contributed by atoms with Gasteiger partial charge in [-0.05, 0) is 74.0 Å². The zero-order chi connectivity index (χ0) is 17.6. The molecule has 0 spiro atoms. The van der Waals surface area contributed by atoms with E-state index in [4.69, 9.17) is 4.74 Å². The lowest BCUT2D eigenvalue weighted by Crippen LogP contribution is -2.33. The predicted octanol–water partition coefficient (Wildman–Crippen LogP) is 6.57. The first-order valence-electron chi connectivity index (χ1n) is 10.2. The van der Waals surface area contributed by atoms with Crippen molar-refractivity contribution in [3.63, 3.8) is 0 Å². The highest BCUT2D eigenvalue weighted by Gasteiger charge is 2.31. The van der Waals surface area contributed by atoms with E-state index in [0.717, 1.165) is 50.7 Å². The van der Waals surface area contributed by atoms with Crippen LogP contribution in [0.15, 0.2) is 18.2 Å². The molecule has 3 heteroatoms. The van der Waals surface area contributed by atoms with Crippen LogP contribution >= 0.6 is 0 Å². The molecule has 25 heavy (non-hydrogen) atoms. The second-order valence-electron chi connectivity index (χ2n) is 7.99. The van der Waals surface area contributed by atoms with Crippen molar-refractivity contribution in [2.75, 3.05) is 0 Å². The number of alkyl halides is 2. The van der Waals surface area contributed by atoms with Crippen LogP contribution < -0.4 is 4.74 Å². The molecule has 1 saturated carbocycles. The molecule has 0 aromatic heterocycles. The lowest BCUT2D eigenvalue weighted by Gasteiger charge is -2.36. The molecule has 1 atom stereocenters.